The van der Waals surface area contributed by atoms with E-state index >= 15 is 0 Å². The van der Waals surface area contributed by atoms with Crippen LogP contribution >= 0.6 is 0 Å². The maximum atomic E-state index is 12.9. The van der Waals surface area contributed by atoms with Crippen molar-refractivity contribution >= 4 is 12.0 Å². The first kappa shape index (κ1) is 17.5. The van der Waals surface area contributed by atoms with Crippen molar-refractivity contribution in [3.63, 3.8) is 0 Å². The first-order valence-electron chi connectivity index (χ1n) is 6.65. The molecule has 0 saturated carbocycles. The second-order valence-electron chi connectivity index (χ2n) is 4.84. The van der Waals surface area contributed by atoms with E-state index in [1.165, 1.54) is 0 Å². The van der Waals surface area contributed by atoms with Crippen molar-refractivity contribution in [3.05, 3.63) is 0 Å². The molecule has 2 N–H and O–H groups in total. The molecule has 6 nitrogen and oxygen atoms in total. The smallest absolute Gasteiger partial charge is 0.406 e. The minimum atomic E-state index is -4.89. The Morgan fingerprint density at radius 1 is 1.43 bits per heavy atom. The molecule has 9 heteroatoms. The number of carbonyl (C=O) groups excluding carboxylic acids is 1. The Hall–Kier alpha value is -1.51. The Morgan fingerprint density at radius 3 is 2.57 bits per heavy atom. The molecule has 0 aromatic rings. The number of halogens is 3. The summed E-state index contributed by atoms with van der Waals surface area (Å²) in [6, 6.07) is -0.682. The Kier molecular flexibility index (Phi) is 5.82. The number of amides is 2. The molecule has 1 saturated heterocycles. The molecule has 0 bridgehead atoms. The zero-order chi connectivity index (χ0) is 16.1. The predicted molar refractivity (Wildman–Crippen MR) is 66.8 cm³/mol. The van der Waals surface area contributed by atoms with Crippen molar-refractivity contribution < 1.29 is 32.6 Å². The number of aliphatic carboxylic acids is 1. The quantitative estimate of drug-likeness (QED) is 0.728. The molecule has 1 aliphatic rings. The van der Waals surface area contributed by atoms with Crippen LogP contribution in [0.3, 0.4) is 0 Å². The zero-order valence-corrected chi connectivity index (χ0v) is 11.7. The van der Waals surface area contributed by atoms with Crippen LogP contribution in [0.2, 0.25) is 0 Å². The molecule has 1 fully saturated rings. The predicted octanol–water partition coefficient (Wildman–Crippen LogP) is 1.46. The minimum absolute atomic E-state index is 0.233. The maximum Gasteiger partial charge on any atom is 0.406 e. The second-order valence-corrected chi connectivity index (χ2v) is 4.84. The van der Waals surface area contributed by atoms with Crippen LogP contribution in [0.15, 0.2) is 0 Å². The molecular formula is C12H19F3N2O4. The number of carboxylic acids is 1. The molecule has 21 heavy (non-hydrogen) atoms. The number of hydrogen-bond donors (Lipinski definition) is 2. The average Bonchev–Trinajstić information content (AvgIpc) is 2.84. The lowest BCUT2D eigenvalue weighted by atomic mass is 9.86. The summed E-state index contributed by atoms with van der Waals surface area (Å²) < 4.78 is 43.9. The van der Waals surface area contributed by atoms with E-state index in [1.54, 1.807) is 0 Å². The molecule has 0 aromatic heterocycles. The van der Waals surface area contributed by atoms with Gasteiger partial charge < -0.3 is 20.1 Å². The molecule has 0 aromatic carbocycles. The summed E-state index contributed by atoms with van der Waals surface area (Å²) in [6.07, 6.45) is -4.97. The molecule has 1 heterocycles. The molecular weight excluding hydrogens is 293 g/mol. The van der Waals surface area contributed by atoms with E-state index in [1.807, 2.05) is 6.92 Å². The van der Waals surface area contributed by atoms with Gasteiger partial charge in [0.2, 0.25) is 0 Å². The molecule has 1 aliphatic heterocycles. The number of nitrogens with zero attached hydrogens (tertiary/aromatic N) is 1. The van der Waals surface area contributed by atoms with Crippen LogP contribution in [0.1, 0.15) is 19.8 Å². The Bertz CT molecular complexity index is 389. The number of carbonyl (C=O) groups is 2. The third-order valence-electron chi connectivity index (χ3n) is 3.45. The van der Waals surface area contributed by atoms with E-state index in [4.69, 9.17) is 9.84 Å². The number of hydrogen-bond acceptors (Lipinski definition) is 3. The molecule has 0 radical (unpaired) electrons. The summed E-state index contributed by atoms with van der Waals surface area (Å²) in [6.45, 7) is 1.99. The first-order chi connectivity index (χ1) is 9.74. The lowest BCUT2D eigenvalue weighted by Crippen LogP contribution is -2.49. The van der Waals surface area contributed by atoms with E-state index < -0.39 is 36.6 Å². The molecule has 1 rings (SSSR count). The Balaban J connectivity index is 2.52. The van der Waals surface area contributed by atoms with E-state index in [9.17, 15) is 22.8 Å². The zero-order valence-electron chi connectivity index (χ0n) is 11.7. The van der Waals surface area contributed by atoms with Crippen LogP contribution in [0.25, 0.3) is 0 Å². The van der Waals surface area contributed by atoms with Crippen molar-refractivity contribution in [1.82, 2.24) is 10.2 Å². The third kappa shape index (κ3) is 3.99. The highest BCUT2D eigenvalue weighted by Crippen LogP contribution is 2.45. The lowest BCUT2D eigenvalue weighted by molar-refractivity contribution is -0.226. The number of likely N-dealkylation sites (tertiary alicyclic amines) is 1. The van der Waals surface area contributed by atoms with Gasteiger partial charge in [-0.2, -0.15) is 13.2 Å². The number of ether oxygens (including phenoxy) is 1. The van der Waals surface area contributed by atoms with Crippen LogP contribution in [0, 0.1) is 5.41 Å². The summed E-state index contributed by atoms with van der Waals surface area (Å²) in [4.78, 5) is 23.6. The number of alkyl halides is 3. The van der Waals surface area contributed by atoms with Gasteiger partial charge >= 0.3 is 18.2 Å². The van der Waals surface area contributed by atoms with Gasteiger partial charge in [0.15, 0.2) is 5.41 Å². The lowest BCUT2D eigenvalue weighted by Gasteiger charge is -2.27. The fraction of sp³-hybridized carbons (Fsp3) is 0.833. The summed E-state index contributed by atoms with van der Waals surface area (Å²) in [5.41, 5.74) is -2.87. The normalized spacial score (nSPS) is 22.4. The van der Waals surface area contributed by atoms with Crippen LogP contribution < -0.4 is 5.32 Å². The van der Waals surface area contributed by atoms with Crippen molar-refractivity contribution in [2.45, 2.75) is 25.9 Å². The van der Waals surface area contributed by atoms with Gasteiger partial charge in [-0.05, 0) is 19.8 Å². The van der Waals surface area contributed by atoms with Gasteiger partial charge in [-0.1, -0.05) is 0 Å². The Morgan fingerprint density at radius 2 is 2.10 bits per heavy atom. The van der Waals surface area contributed by atoms with Crippen molar-refractivity contribution in [3.8, 4) is 0 Å². The molecule has 2 amide bonds. The molecule has 0 aliphatic carbocycles. The summed E-state index contributed by atoms with van der Waals surface area (Å²) in [7, 11) is 0. The second kappa shape index (κ2) is 6.97. The van der Waals surface area contributed by atoms with Gasteiger partial charge in [0.05, 0.1) is 0 Å². The standard InChI is InChI=1S/C12H19F3N2O4/c1-2-21-7-3-5-16-10(20)17-6-4-11(8-17,9(18)19)12(13,14)15/h2-8H2,1H3,(H,16,20)(H,18,19). The van der Waals surface area contributed by atoms with E-state index in [-0.39, 0.29) is 13.1 Å². The maximum absolute atomic E-state index is 12.9. The number of carboxylic acid groups (broad SMARTS) is 1. The summed E-state index contributed by atoms with van der Waals surface area (Å²) >= 11 is 0. The fourth-order valence-electron chi connectivity index (χ4n) is 2.14. The van der Waals surface area contributed by atoms with Gasteiger partial charge in [-0.3, -0.25) is 4.79 Å². The minimum Gasteiger partial charge on any atom is -0.481 e. The van der Waals surface area contributed by atoms with E-state index in [0.29, 0.717) is 19.6 Å². The number of rotatable bonds is 6. The SMILES string of the molecule is CCOCCCNC(=O)N1CCC(C(=O)O)(C(F)(F)F)C1. The van der Waals surface area contributed by atoms with Gasteiger partial charge in [0.25, 0.3) is 0 Å². The highest BCUT2D eigenvalue weighted by atomic mass is 19.4. The highest BCUT2D eigenvalue weighted by Gasteiger charge is 2.64. The summed E-state index contributed by atoms with van der Waals surface area (Å²) in [5, 5.41) is 11.3. The van der Waals surface area contributed by atoms with Gasteiger partial charge in [0, 0.05) is 32.8 Å². The average molecular weight is 312 g/mol. The van der Waals surface area contributed by atoms with Crippen LogP contribution in [0.5, 0.6) is 0 Å². The van der Waals surface area contributed by atoms with Crippen LogP contribution in [-0.4, -0.2) is 61.0 Å². The van der Waals surface area contributed by atoms with Gasteiger partial charge in [0.1, 0.15) is 0 Å². The third-order valence-corrected chi connectivity index (χ3v) is 3.45. The molecule has 122 valence electrons. The topological polar surface area (TPSA) is 78.9 Å². The van der Waals surface area contributed by atoms with Crippen molar-refractivity contribution in [1.29, 1.82) is 0 Å². The monoisotopic (exact) mass is 312 g/mol. The van der Waals surface area contributed by atoms with Crippen LogP contribution in [0.4, 0.5) is 18.0 Å². The van der Waals surface area contributed by atoms with Gasteiger partial charge in [-0.15, -0.1) is 0 Å². The highest BCUT2D eigenvalue weighted by molar-refractivity contribution is 5.80. The molecule has 0 spiro atoms. The summed E-state index contributed by atoms with van der Waals surface area (Å²) in [5.74, 6) is -1.94. The largest absolute Gasteiger partial charge is 0.481 e. The molecule has 1 unspecified atom stereocenters. The number of nitrogens with one attached hydrogen (secondary N) is 1. The Labute approximate surface area is 120 Å². The first-order valence-corrected chi connectivity index (χ1v) is 6.65. The number of urea groups is 1. The van der Waals surface area contributed by atoms with Crippen LogP contribution in [-0.2, 0) is 9.53 Å². The van der Waals surface area contributed by atoms with Gasteiger partial charge in [-0.25, -0.2) is 4.79 Å². The van der Waals surface area contributed by atoms with E-state index in [0.717, 1.165) is 4.90 Å². The van der Waals surface area contributed by atoms with Crippen molar-refractivity contribution in [2.24, 2.45) is 5.41 Å². The van der Waals surface area contributed by atoms with E-state index in [2.05, 4.69) is 5.32 Å². The van der Waals surface area contributed by atoms with Crippen molar-refractivity contribution in [2.75, 3.05) is 32.8 Å². The molecule has 1 atom stereocenters. The fourth-order valence-corrected chi connectivity index (χ4v) is 2.14.